The number of aromatic nitrogens is 2. The average molecular weight is 363 g/mol. The van der Waals surface area contributed by atoms with E-state index in [1.54, 1.807) is 0 Å². The van der Waals surface area contributed by atoms with Crippen LogP contribution in [0.1, 0.15) is 5.56 Å². The Kier molecular flexibility index (Phi) is 5.29. The molecule has 126 valence electrons. The number of imidazole rings is 1. The minimum atomic E-state index is 0. The van der Waals surface area contributed by atoms with Crippen molar-refractivity contribution in [2.24, 2.45) is 0 Å². The zero-order chi connectivity index (χ0) is 15.6. The lowest BCUT2D eigenvalue weighted by Crippen LogP contribution is -2.44. The van der Waals surface area contributed by atoms with Gasteiger partial charge in [-0.05, 0) is 23.8 Å². The zero-order valence-corrected chi connectivity index (χ0v) is 14.9. The normalized spacial score (nSPS) is 14.6. The summed E-state index contributed by atoms with van der Waals surface area (Å²) in [6, 6.07) is 16.5. The Balaban J connectivity index is 0.00000169. The van der Waals surface area contributed by atoms with Crippen molar-refractivity contribution in [2.75, 3.05) is 31.1 Å². The van der Waals surface area contributed by atoms with Gasteiger partial charge in [0.15, 0.2) is 0 Å². The summed E-state index contributed by atoms with van der Waals surface area (Å²) < 4.78 is 2.30. The van der Waals surface area contributed by atoms with E-state index in [-0.39, 0.29) is 12.4 Å². The van der Waals surface area contributed by atoms with Crippen LogP contribution in [0.15, 0.2) is 48.5 Å². The molecule has 0 aliphatic carbocycles. The summed E-state index contributed by atoms with van der Waals surface area (Å²) in [5, 5.41) is 4.13. The molecule has 2 heterocycles. The molecule has 0 radical (unpaired) electrons. The van der Waals surface area contributed by atoms with E-state index in [2.05, 4.69) is 45.1 Å². The monoisotopic (exact) mass is 362 g/mol. The lowest BCUT2D eigenvalue weighted by molar-refractivity contribution is 0.571. The highest BCUT2D eigenvalue weighted by molar-refractivity contribution is 6.31. The van der Waals surface area contributed by atoms with Crippen LogP contribution in [0.5, 0.6) is 0 Å². The summed E-state index contributed by atoms with van der Waals surface area (Å²) in [4.78, 5) is 7.22. The van der Waals surface area contributed by atoms with Gasteiger partial charge in [-0.15, -0.1) is 12.4 Å². The fourth-order valence-electron chi connectivity index (χ4n) is 3.12. The predicted octanol–water partition coefficient (Wildman–Crippen LogP) is 3.57. The Morgan fingerprint density at radius 3 is 2.54 bits per heavy atom. The highest BCUT2D eigenvalue weighted by Gasteiger charge is 2.19. The van der Waals surface area contributed by atoms with Crippen molar-refractivity contribution in [2.45, 2.75) is 6.54 Å². The number of hydrogen-bond acceptors (Lipinski definition) is 3. The molecule has 2 aromatic carbocycles. The first-order chi connectivity index (χ1) is 11.3. The first-order valence-corrected chi connectivity index (χ1v) is 8.34. The molecule has 1 aromatic heterocycles. The Morgan fingerprint density at radius 2 is 1.79 bits per heavy atom. The molecule has 1 fully saturated rings. The van der Waals surface area contributed by atoms with Crippen molar-refractivity contribution in [1.29, 1.82) is 0 Å². The van der Waals surface area contributed by atoms with Crippen molar-refractivity contribution in [3.63, 3.8) is 0 Å². The van der Waals surface area contributed by atoms with Crippen LogP contribution in [0.25, 0.3) is 11.0 Å². The van der Waals surface area contributed by atoms with Crippen LogP contribution in [0.4, 0.5) is 5.95 Å². The third-order valence-electron chi connectivity index (χ3n) is 4.27. The number of nitrogens with one attached hydrogen (secondary N) is 1. The topological polar surface area (TPSA) is 33.1 Å². The maximum absolute atomic E-state index is 6.15. The first kappa shape index (κ1) is 17.1. The van der Waals surface area contributed by atoms with E-state index >= 15 is 0 Å². The smallest absolute Gasteiger partial charge is 0.206 e. The number of halogens is 2. The van der Waals surface area contributed by atoms with E-state index in [0.717, 1.165) is 54.7 Å². The summed E-state index contributed by atoms with van der Waals surface area (Å²) in [7, 11) is 0. The minimum Gasteiger partial charge on any atom is -0.340 e. The summed E-state index contributed by atoms with van der Waals surface area (Å²) in [5.41, 5.74) is 3.37. The fourth-order valence-corrected chi connectivity index (χ4v) is 3.28. The Hall–Kier alpha value is -1.75. The molecule has 4 rings (SSSR count). The molecule has 4 nitrogen and oxygen atoms in total. The van der Waals surface area contributed by atoms with Gasteiger partial charge in [0.25, 0.3) is 0 Å². The van der Waals surface area contributed by atoms with E-state index < -0.39 is 0 Å². The quantitative estimate of drug-likeness (QED) is 0.772. The molecule has 0 unspecified atom stereocenters. The lowest BCUT2D eigenvalue weighted by Gasteiger charge is -2.29. The first-order valence-electron chi connectivity index (χ1n) is 7.97. The molecule has 6 heteroatoms. The van der Waals surface area contributed by atoms with Gasteiger partial charge in [-0.2, -0.15) is 0 Å². The van der Waals surface area contributed by atoms with Crippen LogP contribution >= 0.6 is 24.0 Å². The van der Waals surface area contributed by atoms with Crippen LogP contribution in [0.3, 0.4) is 0 Å². The second kappa shape index (κ2) is 7.43. The summed E-state index contributed by atoms with van der Waals surface area (Å²) >= 11 is 6.15. The lowest BCUT2D eigenvalue weighted by atomic mass is 10.2. The van der Waals surface area contributed by atoms with Gasteiger partial charge >= 0.3 is 0 Å². The molecule has 0 saturated carbocycles. The van der Waals surface area contributed by atoms with E-state index in [1.165, 1.54) is 5.56 Å². The van der Waals surface area contributed by atoms with Gasteiger partial charge in [0.05, 0.1) is 17.6 Å². The van der Waals surface area contributed by atoms with Crippen molar-refractivity contribution < 1.29 is 0 Å². The van der Waals surface area contributed by atoms with Gasteiger partial charge < -0.3 is 14.8 Å². The molecule has 0 amide bonds. The molecular formula is C18H20Cl2N4. The molecule has 0 bridgehead atoms. The third kappa shape index (κ3) is 3.36. The SMILES string of the molecule is Cl.Clc1ccc2c(c1)nc(N1CCNCC1)n2Cc1ccccc1. The zero-order valence-electron chi connectivity index (χ0n) is 13.3. The van der Waals surface area contributed by atoms with Crippen LogP contribution in [-0.4, -0.2) is 35.7 Å². The summed E-state index contributed by atoms with van der Waals surface area (Å²) in [6.45, 7) is 4.76. The average Bonchev–Trinajstić information content (AvgIpc) is 2.94. The predicted molar refractivity (Wildman–Crippen MR) is 103 cm³/mol. The largest absolute Gasteiger partial charge is 0.340 e. The van der Waals surface area contributed by atoms with Crippen LogP contribution < -0.4 is 10.2 Å². The number of rotatable bonds is 3. The number of benzene rings is 2. The standard InChI is InChI=1S/C18H19ClN4.ClH/c19-15-6-7-17-16(12-15)21-18(22-10-8-20-9-11-22)23(17)13-14-4-2-1-3-5-14;/h1-7,12,20H,8-11,13H2;1H. The molecule has 1 aliphatic rings. The van der Waals surface area contributed by atoms with Gasteiger partial charge in [-0.3, -0.25) is 0 Å². The van der Waals surface area contributed by atoms with Gasteiger partial charge in [-0.25, -0.2) is 4.98 Å². The maximum atomic E-state index is 6.15. The van der Waals surface area contributed by atoms with E-state index in [9.17, 15) is 0 Å². The number of hydrogen-bond donors (Lipinski definition) is 1. The fraction of sp³-hybridized carbons (Fsp3) is 0.278. The molecule has 1 aliphatic heterocycles. The minimum absolute atomic E-state index is 0. The van der Waals surface area contributed by atoms with Gasteiger partial charge in [0.2, 0.25) is 5.95 Å². The Bertz CT molecular complexity index is 811. The van der Waals surface area contributed by atoms with Crippen LogP contribution in [0, 0.1) is 0 Å². The highest BCUT2D eigenvalue weighted by Crippen LogP contribution is 2.26. The van der Waals surface area contributed by atoms with Crippen molar-refractivity contribution in [3.05, 3.63) is 59.1 Å². The number of nitrogens with zero attached hydrogens (tertiary/aromatic N) is 3. The number of anilines is 1. The van der Waals surface area contributed by atoms with E-state index in [0.29, 0.717) is 0 Å². The van der Waals surface area contributed by atoms with Crippen molar-refractivity contribution in [1.82, 2.24) is 14.9 Å². The molecule has 1 N–H and O–H groups in total. The molecule has 0 atom stereocenters. The second-order valence-corrected chi connectivity index (χ2v) is 6.29. The van der Waals surface area contributed by atoms with E-state index in [1.807, 2.05) is 18.2 Å². The number of fused-ring (bicyclic) bond motifs is 1. The second-order valence-electron chi connectivity index (χ2n) is 5.85. The molecular weight excluding hydrogens is 343 g/mol. The van der Waals surface area contributed by atoms with E-state index in [4.69, 9.17) is 16.6 Å². The molecule has 3 aromatic rings. The van der Waals surface area contributed by atoms with Crippen LogP contribution in [0.2, 0.25) is 5.02 Å². The third-order valence-corrected chi connectivity index (χ3v) is 4.51. The van der Waals surface area contributed by atoms with Gasteiger partial charge in [0, 0.05) is 31.2 Å². The number of piperazine rings is 1. The Labute approximate surface area is 152 Å². The molecule has 1 saturated heterocycles. The summed E-state index contributed by atoms with van der Waals surface area (Å²) in [6.07, 6.45) is 0. The molecule has 0 spiro atoms. The van der Waals surface area contributed by atoms with Gasteiger partial charge in [-0.1, -0.05) is 41.9 Å². The summed E-state index contributed by atoms with van der Waals surface area (Å²) in [5.74, 6) is 1.03. The maximum Gasteiger partial charge on any atom is 0.206 e. The Morgan fingerprint density at radius 1 is 1.04 bits per heavy atom. The highest BCUT2D eigenvalue weighted by atomic mass is 35.5. The van der Waals surface area contributed by atoms with Crippen molar-refractivity contribution in [3.8, 4) is 0 Å². The van der Waals surface area contributed by atoms with Gasteiger partial charge in [0.1, 0.15) is 0 Å². The van der Waals surface area contributed by atoms with Crippen molar-refractivity contribution >= 4 is 41.0 Å². The molecule has 24 heavy (non-hydrogen) atoms. The van der Waals surface area contributed by atoms with Crippen LogP contribution in [-0.2, 0) is 6.54 Å².